The molecule has 1 fully saturated rings. The van der Waals surface area contributed by atoms with Gasteiger partial charge >= 0.3 is 5.97 Å². The normalized spacial score (nSPS) is 19.8. The van der Waals surface area contributed by atoms with Gasteiger partial charge in [0, 0.05) is 31.0 Å². The van der Waals surface area contributed by atoms with Crippen LogP contribution < -0.4 is 10.6 Å². The Balaban J connectivity index is 2.20. The van der Waals surface area contributed by atoms with Gasteiger partial charge in [-0.2, -0.15) is 0 Å². The van der Waals surface area contributed by atoms with E-state index in [0.717, 1.165) is 12.0 Å². The molecule has 2 rings (SSSR count). The summed E-state index contributed by atoms with van der Waals surface area (Å²) in [6.07, 6.45) is 1.90. The van der Waals surface area contributed by atoms with Gasteiger partial charge in [0.25, 0.3) is 0 Å². The first-order chi connectivity index (χ1) is 19.4. The molecule has 9 nitrogen and oxygen atoms in total. The molecule has 0 radical (unpaired) electrons. The first kappa shape index (κ1) is 35.4. The van der Waals surface area contributed by atoms with Crippen LogP contribution in [0, 0.1) is 23.2 Å². The van der Waals surface area contributed by atoms with Crippen LogP contribution in [0.4, 0.5) is 0 Å². The van der Waals surface area contributed by atoms with Crippen molar-refractivity contribution in [2.75, 3.05) is 34.2 Å². The maximum atomic E-state index is 14.1. The van der Waals surface area contributed by atoms with Gasteiger partial charge in [0.05, 0.1) is 18.5 Å². The molecule has 0 saturated heterocycles. The zero-order valence-corrected chi connectivity index (χ0v) is 27.4. The van der Waals surface area contributed by atoms with E-state index in [1.54, 1.807) is 19.0 Å². The van der Waals surface area contributed by atoms with E-state index in [9.17, 15) is 24.3 Å². The third kappa shape index (κ3) is 8.63. The number of aliphatic carboxylic acids is 1. The Kier molecular flexibility index (Phi) is 12.3. The van der Waals surface area contributed by atoms with Crippen molar-refractivity contribution in [1.29, 1.82) is 0 Å². The molecule has 2 amide bonds. The first-order valence-corrected chi connectivity index (χ1v) is 15.2. The number of hydrogen-bond acceptors (Lipinski definition) is 6. The molecule has 5 atom stereocenters. The number of hydrogen-bond donors (Lipinski definition) is 3. The van der Waals surface area contributed by atoms with E-state index >= 15 is 0 Å². The van der Waals surface area contributed by atoms with E-state index in [1.165, 1.54) is 0 Å². The number of benzene rings is 1. The maximum Gasteiger partial charge on any atom is 0.307 e. The number of amides is 2. The molecular weight excluding hydrogens is 532 g/mol. The summed E-state index contributed by atoms with van der Waals surface area (Å²) >= 11 is 0. The smallest absolute Gasteiger partial charge is 0.307 e. The number of likely N-dealkylation sites (N-methyl/N-ethyl adjacent to an activating group) is 3. The molecule has 0 aliphatic heterocycles. The zero-order valence-electron chi connectivity index (χ0n) is 27.4. The van der Waals surface area contributed by atoms with Crippen LogP contribution >= 0.6 is 0 Å². The quantitative estimate of drug-likeness (QED) is 0.305. The van der Waals surface area contributed by atoms with Gasteiger partial charge in [-0.3, -0.25) is 24.1 Å². The molecule has 9 heteroatoms. The standard InChI is InChI=1S/C33H54N4O5/c1-21(2)25(19-36(9)20-26(38)23-17-14-18-24(23)31(41)42)37(10)30(40)28(32(3,4)5)35-29(39)27(34-8)33(6,7)22-15-12-11-13-16-22/h11-13,15-16,21,23-25,27-28,34H,14,17-20H2,1-10H3,(H,35,39)(H,41,42)/t23?,24-,25-,27-,28-/m1/s1. The Bertz CT molecular complexity index is 1080. The van der Waals surface area contributed by atoms with Crippen LogP contribution in [0.5, 0.6) is 0 Å². The van der Waals surface area contributed by atoms with Crippen LogP contribution in [0.1, 0.15) is 73.3 Å². The van der Waals surface area contributed by atoms with Crippen LogP contribution in [0.25, 0.3) is 0 Å². The predicted molar refractivity (Wildman–Crippen MR) is 166 cm³/mol. The number of nitrogens with one attached hydrogen (secondary N) is 2. The van der Waals surface area contributed by atoms with Crippen molar-refractivity contribution in [3.05, 3.63) is 35.9 Å². The van der Waals surface area contributed by atoms with Gasteiger partial charge in [0.1, 0.15) is 6.04 Å². The van der Waals surface area contributed by atoms with Crippen molar-refractivity contribution in [2.45, 2.75) is 91.3 Å². The highest BCUT2D eigenvalue weighted by atomic mass is 16.4. The van der Waals surface area contributed by atoms with Crippen LogP contribution in [0.15, 0.2) is 30.3 Å². The van der Waals surface area contributed by atoms with Gasteiger partial charge in [-0.1, -0.05) is 85.2 Å². The van der Waals surface area contributed by atoms with E-state index in [2.05, 4.69) is 10.6 Å². The Morgan fingerprint density at radius 1 is 0.952 bits per heavy atom. The van der Waals surface area contributed by atoms with Crippen molar-refractivity contribution >= 4 is 23.6 Å². The van der Waals surface area contributed by atoms with Gasteiger partial charge < -0.3 is 20.6 Å². The number of rotatable bonds is 14. The van der Waals surface area contributed by atoms with Crippen LogP contribution in [0.2, 0.25) is 0 Å². The average Bonchev–Trinajstić information content (AvgIpc) is 3.40. The second kappa shape index (κ2) is 14.6. The molecule has 1 saturated carbocycles. The SMILES string of the molecule is CN[C@H](C(=O)N[C@H](C(=O)N(C)[C@H](CN(C)CC(=O)C1CCC[C@H]1C(=O)O)C(C)C)C(C)(C)C)C(C)(C)c1ccccc1. The van der Waals surface area contributed by atoms with E-state index in [4.69, 9.17) is 0 Å². The van der Waals surface area contributed by atoms with Crippen LogP contribution in [-0.2, 0) is 24.6 Å². The molecule has 0 spiro atoms. The summed E-state index contributed by atoms with van der Waals surface area (Å²) in [7, 11) is 5.35. The maximum absolute atomic E-state index is 14.1. The Labute approximate surface area is 252 Å². The lowest BCUT2D eigenvalue weighted by Crippen LogP contribution is -2.62. The highest BCUT2D eigenvalue weighted by Gasteiger charge is 2.42. The summed E-state index contributed by atoms with van der Waals surface area (Å²) in [5.74, 6) is -2.39. The molecule has 3 N–H and O–H groups in total. The van der Waals surface area contributed by atoms with E-state index in [-0.39, 0.29) is 36.1 Å². The van der Waals surface area contributed by atoms with Crippen molar-refractivity contribution in [3.63, 3.8) is 0 Å². The largest absolute Gasteiger partial charge is 0.481 e. The summed E-state index contributed by atoms with van der Waals surface area (Å²) in [6.45, 7) is 14.5. The van der Waals surface area contributed by atoms with Gasteiger partial charge in [0.15, 0.2) is 5.78 Å². The summed E-state index contributed by atoms with van der Waals surface area (Å²) in [6, 6.07) is 8.27. The second-order valence-corrected chi connectivity index (χ2v) is 14.0. The molecule has 236 valence electrons. The summed E-state index contributed by atoms with van der Waals surface area (Å²) in [4.78, 5) is 56.0. The average molecular weight is 587 g/mol. The van der Waals surface area contributed by atoms with Gasteiger partial charge in [0.2, 0.25) is 11.8 Å². The molecule has 0 aromatic heterocycles. The third-order valence-electron chi connectivity index (χ3n) is 8.98. The van der Waals surface area contributed by atoms with Crippen molar-refractivity contribution in [3.8, 4) is 0 Å². The number of carboxylic acids is 1. The molecule has 1 aromatic rings. The third-order valence-corrected chi connectivity index (χ3v) is 8.98. The molecule has 1 aliphatic rings. The van der Waals surface area contributed by atoms with Gasteiger partial charge in [-0.05, 0) is 43.8 Å². The molecule has 1 aromatic carbocycles. The fourth-order valence-corrected chi connectivity index (χ4v) is 6.28. The molecule has 42 heavy (non-hydrogen) atoms. The molecule has 0 bridgehead atoms. The monoisotopic (exact) mass is 586 g/mol. The van der Waals surface area contributed by atoms with E-state index < -0.39 is 40.7 Å². The predicted octanol–water partition coefficient (Wildman–Crippen LogP) is 3.57. The topological polar surface area (TPSA) is 119 Å². The lowest BCUT2D eigenvalue weighted by Gasteiger charge is -2.41. The Hall–Kier alpha value is -2.78. The van der Waals surface area contributed by atoms with Crippen LogP contribution in [-0.4, -0.2) is 90.8 Å². The van der Waals surface area contributed by atoms with Crippen molar-refractivity contribution in [2.24, 2.45) is 23.2 Å². The number of Topliss-reactive ketones (excluding diaryl/α,β-unsaturated/α-hetero) is 1. The van der Waals surface area contributed by atoms with Crippen molar-refractivity contribution in [1.82, 2.24) is 20.4 Å². The number of ketones is 1. The fourth-order valence-electron chi connectivity index (χ4n) is 6.28. The minimum absolute atomic E-state index is 0.0575. The van der Waals surface area contributed by atoms with Gasteiger partial charge in [-0.15, -0.1) is 0 Å². The van der Waals surface area contributed by atoms with E-state index in [1.807, 2.05) is 90.7 Å². The number of carbonyl (C=O) groups excluding carboxylic acids is 3. The lowest BCUT2D eigenvalue weighted by molar-refractivity contribution is -0.146. The molecule has 0 heterocycles. The lowest BCUT2D eigenvalue weighted by atomic mass is 9.76. The summed E-state index contributed by atoms with van der Waals surface area (Å²) < 4.78 is 0. The van der Waals surface area contributed by atoms with Gasteiger partial charge in [-0.25, -0.2) is 0 Å². The fraction of sp³-hybridized carbons (Fsp3) is 0.697. The molecule has 1 aliphatic carbocycles. The zero-order chi connectivity index (χ0) is 32.0. The number of nitrogens with zero attached hydrogens (tertiary/aromatic N) is 2. The molecular formula is C33H54N4O5. The second-order valence-electron chi connectivity index (χ2n) is 14.0. The van der Waals surface area contributed by atoms with Crippen LogP contribution in [0.3, 0.4) is 0 Å². The first-order valence-electron chi connectivity index (χ1n) is 15.2. The highest BCUT2D eigenvalue weighted by Crippen LogP contribution is 2.33. The van der Waals surface area contributed by atoms with E-state index in [0.29, 0.717) is 19.4 Å². The number of carboxylic acid groups (broad SMARTS) is 1. The highest BCUT2D eigenvalue weighted by molar-refractivity contribution is 5.91. The minimum atomic E-state index is -0.901. The molecule has 1 unspecified atom stereocenters. The van der Waals surface area contributed by atoms with Crippen molar-refractivity contribution < 1.29 is 24.3 Å². The Morgan fingerprint density at radius 2 is 1.52 bits per heavy atom. The summed E-state index contributed by atoms with van der Waals surface area (Å²) in [5, 5.41) is 15.8. The minimum Gasteiger partial charge on any atom is -0.481 e. The Morgan fingerprint density at radius 3 is 2.02 bits per heavy atom. The number of carbonyl (C=O) groups is 4. The summed E-state index contributed by atoms with van der Waals surface area (Å²) in [5.41, 5.74) is -0.0833.